The van der Waals surface area contributed by atoms with Gasteiger partial charge in [-0.2, -0.15) is 4.31 Å². The number of aliphatic hydroxyl groups is 1. The molecule has 1 heterocycles. The third-order valence-electron chi connectivity index (χ3n) is 9.33. The van der Waals surface area contributed by atoms with Gasteiger partial charge in [-0.15, -0.1) is 11.3 Å². The number of benzene rings is 2. The molecule has 1 aromatic heterocycles. The van der Waals surface area contributed by atoms with Crippen molar-refractivity contribution >= 4 is 39.5 Å². The molecule has 0 unspecified atom stereocenters. The Labute approximate surface area is 329 Å². The Morgan fingerprint density at radius 3 is 2.38 bits per heavy atom. The first kappa shape index (κ1) is 43.8. The Balaban J connectivity index is 1.61. The molecule has 4 rings (SSSR count). The molecule has 14 nitrogen and oxygen atoms in total. The van der Waals surface area contributed by atoms with Crippen molar-refractivity contribution in [3.05, 3.63) is 81.8 Å². The van der Waals surface area contributed by atoms with E-state index in [1.807, 2.05) is 56.5 Å². The van der Waals surface area contributed by atoms with Gasteiger partial charge >= 0.3 is 6.03 Å². The van der Waals surface area contributed by atoms with E-state index in [1.54, 1.807) is 21.1 Å². The summed E-state index contributed by atoms with van der Waals surface area (Å²) in [6, 6.07) is 12.6. The van der Waals surface area contributed by atoms with Gasteiger partial charge in [0, 0.05) is 32.6 Å². The molecule has 3 amide bonds. The van der Waals surface area contributed by atoms with Crippen molar-refractivity contribution in [2.45, 2.75) is 108 Å². The number of carbonyl (C=O) groups is 2. The fourth-order valence-corrected chi connectivity index (χ4v) is 8.93. The first-order valence-electron chi connectivity index (χ1n) is 18.5. The highest BCUT2D eigenvalue weighted by Crippen LogP contribution is 2.28. The van der Waals surface area contributed by atoms with Crippen molar-refractivity contribution in [1.29, 1.82) is 0 Å². The number of oxime groups is 1. The van der Waals surface area contributed by atoms with Crippen LogP contribution in [0.3, 0.4) is 0 Å². The quantitative estimate of drug-likeness (QED) is 0.0754. The second-order valence-corrected chi connectivity index (χ2v) is 17.9. The van der Waals surface area contributed by atoms with Crippen LogP contribution in [-0.4, -0.2) is 108 Å². The summed E-state index contributed by atoms with van der Waals surface area (Å²) in [6.07, 6.45) is 2.99. The Morgan fingerprint density at radius 2 is 1.76 bits per heavy atom. The molecule has 0 bridgehead atoms. The number of carbonyl (C=O) groups excluding carboxylic acids is 2. The third kappa shape index (κ3) is 13.4. The summed E-state index contributed by atoms with van der Waals surface area (Å²) in [6.45, 7) is 7.71. The Morgan fingerprint density at radius 1 is 1.09 bits per heavy atom. The van der Waals surface area contributed by atoms with Crippen LogP contribution >= 0.6 is 11.3 Å². The van der Waals surface area contributed by atoms with Crippen LogP contribution in [0.5, 0.6) is 0 Å². The predicted octanol–water partition coefficient (Wildman–Crippen LogP) is 4.78. The number of thiazole rings is 1. The number of hydrogen-bond acceptors (Lipinski definition) is 11. The number of ether oxygens (including phenoxy) is 2. The van der Waals surface area contributed by atoms with Gasteiger partial charge in [0.25, 0.3) is 0 Å². The van der Waals surface area contributed by atoms with E-state index < -0.39 is 51.9 Å². The number of nitrogens with zero attached hydrogens (tertiary/aromatic N) is 4. The van der Waals surface area contributed by atoms with Crippen molar-refractivity contribution in [3.63, 3.8) is 0 Å². The summed E-state index contributed by atoms with van der Waals surface area (Å²) in [5.41, 5.74) is 1.35. The highest BCUT2D eigenvalue weighted by Gasteiger charge is 2.37. The van der Waals surface area contributed by atoms with Crippen LogP contribution in [0, 0.1) is 5.92 Å². The first-order chi connectivity index (χ1) is 26.1. The Hall–Kier alpha value is -3.93. The van der Waals surface area contributed by atoms with Gasteiger partial charge in [0.15, 0.2) is 0 Å². The van der Waals surface area contributed by atoms with Crippen LogP contribution in [0.2, 0.25) is 0 Å². The maximum absolute atomic E-state index is 14.3. The molecule has 0 radical (unpaired) electrons. The monoisotopic (exact) mass is 800 g/mol. The van der Waals surface area contributed by atoms with E-state index in [4.69, 9.17) is 14.7 Å². The van der Waals surface area contributed by atoms with Gasteiger partial charge in [-0.25, -0.2) is 18.2 Å². The minimum atomic E-state index is -4.09. The zero-order valence-electron chi connectivity index (χ0n) is 32.6. The number of hydrogen-bond donors (Lipinski definition) is 4. The summed E-state index contributed by atoms with van der Waals surface area (Å²) in [5, 5.41) is 32.3. The highest BCUT2D eigenvalue weighted by molar-refractivity contribution is 7.89. The van der Waals surface area contributed by atoms with E-state index in [1.165, 1.54) is 51.0 Å². The highest BCUT2D eigenvalue weighted by atomic mass is 32.2. The molecule has 1 saturated carbocycles. The van der Waals surface area contributed by atoms with E-state index >= 15 is 0 Å². The molecule has 16 heteroatoms. The molecule has 0 spiro atoms. The summed E-state index contributed by atoms with van der Waals surface area (Å²) >= 11 is 1.43. The van der Waals surface area contributed by atoms with E-state index in [9.17, 15) is 23.1 Å². The van der Waals surface area contributed by atoms with Gasteiger partial charge in [-0.05, 0) is 76.1 Å². The second kappa shape index (κ2) is 20.3. The van der Waals surface area contributed by atoms with Crippen molar-refractivity contribution < 1.29 is 37.8 Å². The second-order valence-electron chi connectivity index (χ2n) is 15.0. The van der Waals surface area contributed by atoms with Gasteiger partial charge < -0.3 is 35.3 Å². The van der Waals surface area contributed by atoms with E-state index in [0.29, 0.717) is 17.9 Å². The number of methoxy groups -OCH3 is 1. The fourth-order valence-electron chi connectivity index (χ4n) is 6.64. The molecule has 2 aromatic carbocycles. The van der Waals surface area contributed by atoms with Crippen molar-refractivity contribution in [3.8, 4) is 0 Å². The van der Waals surface area contributed by atoms with E-state index in [2.05, 4.69) is 20.8 Å². The average Bonchev–Trinajstić information content (AvgIpc) is 3.82. The number of aromatic nitrogens is 1. The maximum atomic E-state index is 14.3. The van der Waals surface area contributed by atoms with Gasteiger partial charge in [0.2, 0.25) is 15.9 Å². The normalized spacial score (nSPS) is 16.2. The minimum Gasteiger partial charge on any atom is -0.411 e. The van der Waals surface area contributed by atoms with Crippen LogP contribution in [0.4, 0.5) is 4.79 Å². The molecular formula is C39H56N6O8S2. The molecular weight excluding hydrogens is 745 g/mol. The molecule has 4 N–H and O–H groups in total. The molecule has 302 valence electrons. The molecule has 1 aliphatic rings. The molecule has 3 aromatic rings. The molecule has 4 atom stereocenters. The number of urea groups is 1. The van der Waals surface area contributed by atoms with Gasteiger partial charge in [-0.3, -0.25) is 4.79 Å². The van der Waals surface area contributed by atoms with Crippen LogP contribution in [0.1, 0.15) is 75.2 Å². The lowest BCUT2D eigenvalue weighted by Gasteiger charge is -2.34. The van der Waals surface area contributed by atoms with Crippen LogP contribution in [-0.2, 0) is 43.9 Å². The van der Waals surface area contributed by atoms with Gasteiger partial charge in [0.05, 0.1) is 53.8 Å². The van der Waals surface area contributed by atoms with Crippen LogP contribution < -0.4 is 10.6 Å². The van der Waals surface area contributed by atoms with Crippen molar-refractivity contribution in [2.24, 2.45) is 11.1 Å². The topological polar surface area (TPSA) is 183 Å². The SMILES string of the molecule is COCc1nc(CN(C)C(=O)N[C@H](C(=O)N[C@@H](Cc2ccccc2)[C@H](O)CN(CC2CCCC2)S(=O)(=O)c2ccc(C=NO)cc2)[C@@H](C)OC(C)(C)C)cs1. The lowest BCUT2D eigenvalue weighted by Crippen LogP contribution is -2.60. The van der Waals surface area contributed by atoms with Crippen LogP contribution in [0.25, 0.3) is 0 Å². The van der Waals surface area contributed by atoms with Gasteiger partial charge in [-0.1, -0.05) is 60.5 Å². The molecule has 1 aliphatic carbocycles. The van der Waals surface area contributed by atoms with Crippen molar-refractivity contribution in [1.82, 2.24) is 24.8 Å². The number of aliphatic hydroxyl groups excluding tert-OH is 1. The third-order valence-corrected chi connectivity index (χ3v) is 12.0. The number of nitrogens with one attached hydrogen (secondary N) is 2. The molecule has 0 aliphatic heterocycles. The number of sulfonamides is 1. The summed E-state index contributed by atoms with van der Waals surface area (Å²) in [5.74, 6) is -0.478. The van der Waals surface area contributed by atoms with Crippen LogP contribution in [0.15, 0.2) is 70.0 Å². The largest absolute Gasteiger partial charge is 0.411 e. The standard InChI is InChI=1S/C39H56N6O8S2/c1-27(53-39(2,3)4)36(43-38(48)44(5)23-31-26-54-35(41-31)25-52-6)37(47)42-33(20-28-12-8-7-9-13-28)34(46)24-45(22-30-14-10-11-15-30)55(50,51)32-18-16-29(17-19-32)21-40-49/h7-9,12-13,16-19,21,26-27,30,33-34,36,46,49H,10-11,14-15,20,22-25H2,1-6H3,(H,42,47)(H,43,48)/t27-,33+,34-,36+/m1/s1. The van der Waals surface area contributed by atoms with Gasteiger partial charge in [0.1, 0.15) is 11.0 Å². The lowest BCUT2D eigenvalue weighted by atomic mass is 9.99. The zero-order valence-corrected chi connectivity index (χ0v) is 34.2. The Kier molecular flexibility index (Phi) is 16.2. The minimum absolute atomic E-state index is 0.0315. The zero-order chi connectivity index (χ0) is 40.2. The maximum Gasteiger partial charge on any atom is 0.318 e. The van der Waals surface area contributed by atoms with E-state index in [0.717, 1.165) is 36.3 Å². The molecule has 1 fully saturated rings. The number of amides is 3. The lowest BCUT2D eigenvalue weighted by molar-refractivity contribution is -0.132. The smallest absolute Gasteiger partial charge is 0.318 e. The average molecular weight is 801 g/mol. The summed E-state index contributed by atoms with van der Waals surface area (Å²) < 4.78 is 41.0. The summed E-state index contributed by atoms with van der Waals surface area (Å²) in [4.78, 5) is 33.8. The van der Waals surface area contributed by atoms with Crippen molar-refractivity contribution in [2.75, 3.05) is 27.2 Å². The molecule has 55 heavy (non-hydrogen) atoms. The first-order valence-corrected chi connectivity index (χ1v) is 20.8. The fraction of sp³-hybridized carbons (Fsp3) is 0.538. The molecule has 0 saturated heterocycles. The predicted molar refractivity (Wildman–Crippen MR) is 212 cm³/mol. The number of rotatable bonds is 19. The summed E-state index contributed by atoms with van der Waals surface area (Å²) in [7, 11) is -0.907. The Bertz CT molecular complexity index is 1790. The van der Waals surface area contributed by atoms with E-state index in [-0.39, 0.29) is 36.9 Å².